The predicted octanol–water partition coefficient (Wildman–Crippen LogP) is 5.26. The van der Waals surface area contributed by atoms with Crippen LogP contribution in [0.25, 0.3) is 0 Å². The van der Waals surface area contributed by atoms with Crippen LogP contribution in [0, 0.1) is 5.82 Å². The average molecular weight is 512 g/mol. The molecular formula is C25H23ClFN5O4. The summed E-state index contributed by atoms with van der Waals surface area (Å²) >= 11 is 6.32. The maximum absolute atomic E-state index is 13.0. The van der Waals surface area contributed by atoms with Gasteiger partial charge in [0.05, 0.1) is 5.02 Å². The second kappa shape index (κ2) is 11.5. The molecular weight excluding hydrogens is 489 g/mol. The molecule has 11 heteroatoms. The monoisotopic (exact) mass is 511 g/mol. The van der Waals surface area contributed by atoms with Crippen LogP contribution in [0.4, 0.5) is 26.4 Å². The van der Waals surface area contributed by atoms with Gasteiger partial charge >= 0.3 is 6.03 Å². The van der Waals surface area contributed by atoms with Gasteiger partial charge in [0.1, 0.15) is 29.6 Å². The standard InChI is InChI=1S/C25H23ClFN5O4/c26-20-13-18(30-24(34)15-23(33)29-17-5-3-16(27)4-6-17)7-8-21(20)36-19-9-10-28-22(14-19)31-25(35)32-11-1-2-12-32/h3-10,13-14H,1-2,11-12,15H2,(H,29,33)(H,30,34)(H,28,31,35). The molecule has 0 aliphatic carbocycles. The topological polar surface area (TPSA) is 113 Å². The van der Waals surface area contributed by atoms with Gasteiger partial charge in [-0.1, -0.05) is 11.6 Å². The molecule has 2 aromatic carbocycles. The average Bonchev–Trinajstić information content (AvgIpc) is 3.38. The number of ether oxygens (including phenoxy) is 1. The quantitative estimate of drug-likeness (QED) is 0.374. The number of amides is 4. The molecule has 0 unspecified atom stereocenters. The van der Waals surface area contributed by atoms with Gasteiger partial charge in [0.2, 0.25) is 11.8 Å². The molecule has 0 saturated carbocycles. The fraction of sp³-hybridized carbons (Fsp3) is 0.200. The van der Waals surface area contributed by atoms with Crippen molar-refractivity contribution < 1.29 is 23.5 Å². The number of urea groups is 1. The number of anilines is 3. The number of rotatable bonds is 7. The Bertz CT molecular complexity index is 1270. The molecule has 1 aliphatic rings. The second-order valence-electron chi connectivity index (χ2n) is 8.03. The summed E-state index contributed by atoms with van der Waals surface area (Å²) < 4.78 is 18.8. The van der Waals surface area contributed by atoms with Crippen LogP contribution in [0.3, 0.4) is 0 Å². The van der Waals surface area contributed by atoms with Gasteiger partial charge in [-0.05, 0) is 61.4 Å². The molecule has 186 valence electrons. The number of halogens is 2. The number of nitrogens with zero attached hydrogens (tertiary/aromatic N) is 2. The number of likely N-dealkylation sites (tertiary alicyclic amines) is 1. The molecule has 4 amide bonds. The lowest BCUT2D eigenvalue weighted by Crippen LogP contribution is -2.32. The SMILES string of the molecule is O=C(CC(=O)Nc1ccc(Oc2ccnc(NC(=O)N3CCCC3)c2)c(Cl)c1)Nc1ccc(F)cc1. The van der Waals surface area contributed by atoms with Gasteiger partial charge in [-0.15, -0.1) is 0 Å². The summed E-state index contributed by atoms with van der Waals surface area (Å²) in [7, 11) is 0. The Morgan fingerprint density at radius 3 is 2.28 bits per heavy atom. The first-order chi connectivity index (χ1) is 17.4. The van der Waals surface area contributed by atoms with Crippen LogP contribution in [0.5, 0.6) is 11.5 Å². The third kappa shape index (κ3) is 6.92. The van der Waals surface area contributed by atoms with E-state index in [2.05, 4.69) is 20.9 Å². The van der Waals surface area contributed by atoms with Crippen molar-refractivity contribution in [1.29, 1.82) is 0 Å². The van der Waals surface area contributed by atoms with Crippen molar-refractivity contribution in [2.24, 2.45) is 0 Å². The van der Waals surface area contributed by atoms with Crippen LogP contribution in [0.15, 0.2) is 60.8 Å². The Labute approximate surface area is 211 Å². The van der Waals surface area contributed by atoms with E-state index in [1.54, 1.807) is 29.2 Å². The Balaban J connectivity index is 1.31. The van der Waals surface area contributed by atoms with Crippen LogP contribution < -0.4 is 20.7 Å². The van der Waals surface area contributed by atoms with E-state index in [0.29, 0.717) is 28.7 Å². The highest BCUT2D eigenvalue weighted by Gasteiger charge is 2.18. The highest BCUT2D eigenvalue weighted by atomic mass is 35.5. The summed E-state index contributed by atoms with van der Waals surface area (Å²) in [6.07, 6.45) is 3.05. The Morgan fingerprint density at radius 1 is 0.917 bits per heavy atom. The maximum Gasteiger partial charge on any atom is 0.323 e. The lowest BCUT2D eigenvalue weighted by atomic mass is 10.2. The molecule has 36 heavy (non-hydrogen) atoms. The summed E-state index contributed by atoms with van der Waals surface area (Å²) in [4.78, 5) is 42.4. The van der Waals surface area contributed by atoms with Crippen LogP contribution in [-0.2, 0) is 9.59 Å². The van der Waals surface area contributed by atoms with Gasteiger partial charge in [-0.25, -0.2) is 14.2 Å². The third-order valence-corrected chi connectivity index (χ3v) is 5.55. The largest absolute Gasteiger partial charge is 0.456 e. The summed E-state index contributed by atoms with van der Waals surface area (Å²) in [6.45, 7) is 1.44. The molecule has 3 aromatic rings. The molecule has 4 rings (SSSR count). The number of nitrogens with one attached hydrogen (secondary N) is 3. The van der Waals surface area contributed by atoms with Gasteiger partial charge in [0.25, 0.3) is 0 Å². The van der Waals surface area contributed by atoms with E-state index in [4.69, 9.17) is 16.3 Å². The second-order valence-corrected chi connectivity index (χ2v) is 8.44. The smallest absolute Gasteiger partial charge is 0.323 e. The number of aromatic nitrogens is 1. The molecule has 0 radical (unpaired) electrons. The van der Waals surface area contributed by atoms with Crippen LogP contribution >= 0.6 is 11.6 Å². The Morgan fingerprint density at radius 2 is 1.58 bits per heavy atom. The van der Waals surface area contributed by atoms with Gasteiger partial charge in [-0.2, -0.15) is 0 Å². The third-order valence-electron chi connectivity index (χ3n) is 5.25. The molecule has 0 bridgehead atoms. The van der Waals surface area contributed by atoms with Crippen molar-refractivity contribution in [2.45, 2.75) is 19.3 Å². The van der Waals surface area contributed by atoms with E-state index in [1.807, 2.05) is 0 Å². The van der Waals surface area contributed by atoms with Crippen molar-refractivity contribution in [3.63, 3.8) is 0 Å². The molecule has 1 saturated heterocycles. The van der Waals surface area contributed by atoms with Crippen LogP contribution in [0.1, 0.15) is 19.3 Å². The zero-order valence-corrected chi connectivity index (χ0v) is 19.8. The number of carbonyl (C=O) groups is 3. The molecule has 0 spiro atoms. The van der Waals surface area contributed by atoms with Crippen molar-refractivity contribution >= 4 is 46.6 Å². The maximum atomic E-state index is 13.0. The zero-order valence-electron chi connectivity index (χ0n) is 19.1. The van der Waals surface area contributed by atoms with Crippen molar-refractivity contribution in [1.82, 2.24) is 9.88 Å². The molecule has 9 nitrogen and oxygen atoms in total. The number of hydrogen-bond donors (Lipinski definition) is 3. The van der Waals surface area contributed by atoms with Gasteiger partial charge in [0, 0.05) is 36.7 Å². The van der Waals surface area contributed by atoms with E-state index < -0.39 is 24.1 Å². The lowest BCUT2D eigenvalue weighted by molar-refractivity contribution is -0.123. The number of benzene rings is 2. The highest BCUT2D eigenvalue weighted by Crippen LogP contribution is 2.32. The fourth-order valence-corrected chi connectivity index (χ4v) is 3.75. The molecule has 2 heterocycles. The first kappa shape index (κ1) is 24.9. The van der Waals surface area contributed by atoms with Crippen molar-refractivity contribution in [3.05, 3.63) is 71.6 Å². The number of carbonyl (C=O) groups excluding carboxylic acids is 3. The van der Waals surface area contributed by atoms with E-state index >= 15 is 0 Å². The summed E-state index contributed by atoms with van der Waals surface area (Å²) in [5.74, 6) is -0.432. The minimum Gasteiger partial charge on any atom is -0.456 e. The van der Waals surface area contributed by atoms with E-state index in [9.17, 15) is 18.8 Å². The van der Waals surface area contributed by atoms with Gasteiger partial charge in [0.15, 0.2) is 0 Å². The molecule has 1 aliphatic heterocycles. The summed E-state index contributed by atoms with van der Waals surface area (Å²) in [5, 5.41) is 8.09. The van der Waals surface area contributed by atoms with Gasteiger partial charge < -0.3 is 20.3 Å². The molecule has 1 aromatic heterocycles. The van der Waals surface area contributed by atoms with E-state index in [0.717, 1.165) is 25.9 Å². The predicted molar refractivity (Wildman–Crippen MR) is 134 cm³/mol. The molecule has 0 atom stereocenters. The first-order valence-electron chi connectivity index (χ1n) is 11.2. The van der Waals surface area contributed by atoms with Gasteiger partial charge in [-0.3, -0.25) is 14.9 Å². The normalized spacial score (nSPS) is 12.7. The van der Waals surface area contributed by atoms with Crippen LogP contribution in [0.2, 0.25) is 5.02 Å². The minimum absolute atomic E-state index is 0.207. The van der Waals surface area contributed by atoms with Crippen molar-refractivity contribution in [2.75, 3.05) is 29.0 Å². The lowest BCUT2D eigenvalue weighted by Gasteiger charge is -2.16. The molecule has 3 N–H and O–H groups in total. The number of pyridine rings is 1. The Kier molecular flexibility index (Phi) is 7.96. The van der Waals surface area contributed by atoms with E-state index in [1.165, 1.54) is 36.5 Å². The van der Waals surface area contributed by atoms with Crippen LogP contribution in [-0.4, -0.2) is 40.8 Å². The zero-order chi connectivity index (χ0) is 25.5. The first-order valence-corrected chi connectivity index (χ1v) is 11.6. The summed E-state index contributed by atoms with van der Waals surface area (Å²) in [6, 6.07) is 12.8. The Hall–Kier alpha value is -4.18. The van der Waals surface area contributed by atoms with Crippen molar-refractivity contribution in [3.8, 4) is 11.5 Å². The van der Waals surface area contributed by atoms with E-state index in [-0.39, 0.29) is 11.1 Å². The summed E-state index contributed by atoms with van der Waals surface area (Å²) in [5.41, 5.74) is 0.758. The number of hydrogen-bond acceptors (Lipinski definition) is 5. The minimum atomic E-state index is -0.549. The molecule has 1 fully saturated rings. The highest BCUT2D eigenvalue weighted by molar-refractivity contribution is 6.32. The fourth-order valence-electron chi connectivity index (χ4n) is 3.53.